The molecule has 0 spiro atoms. The van der Waals surface area contributed by atoms with E-state index in [1.165, 1.54) is 18.4 Å². The third kappa shape index (κ3) is 6.69. The van der Waals surface area contributed by atoms with Gasteiger partial charge in [0.05, 0.1) is 10.6 Å². The van der Waals surface area contributed by atoms with Gasteiger partial charge in [0.2, 0.25) is 5.91 Å². The predicted molar refractivity (Wildman–Crippen MR) is 110 cm³/mol. The minimum Gasteiger partial charge on any atom is -0.354 e. The maximum atomic E-state index is 12.6. The van der Waals surface area contributed by atoms with Crippen molar-refractivity contribution in [2.24, 2.45) is 0 Å². The normalized spacial score (nSPS) is 15.1. The smallest absolute Gasteiger partial charge is 0.253 e. The first kappa shape index (κ1) is 20.8. The lowest BCUT2D eigenvalue weighted by Crippen LogP contribution is -2.47. The van der Waals surface area contributed by atoms with E-state index in [0.717, 1.165) is 25.0 Å². The molecule has 0 bridgehead atoms. The van der Waals surface area contributed by atoms with Crippen molar-refractivity contribution >= 4 is 35.2 Å². The number of hydrogen-bond donors (Lipinski definition) is 2. The summed E-state index contributed by atoms with van der Waals surface area (Å²) in [4.78, 5) is 25.0. The summed E-state index contributed by atoms with van der Waals surface area (Å²) in [5.41, 5.74) is 1.82. The molecular formula is C20H27ClN2O2S. The zero-order chi connectivity index (χ0) is 18.8. The average molecular weight is 395 g/mol. The van der Waals surface area contributed by atoms with Gasteiger partial charge in [0.25, 0.3) is 5.91 Å². The molecule has 2 rings (SSSR count). The second kappa shape index (κ2) is 11.3. The van der Waals surface area contributed by atoms with Gasteiger partial charge in [0.15, 0.2) is 0 Å². The van der Waals surface area contributed by atoms with Gasteiger partial charge in [-0.05, 0) is 62.7 Å². The molecule has 6 heteroatoms. The highest BCUT2D eigenvalue weighted by atomic mass is 35.5. The summed E-state index contributed by atoms with van der Waals surface area (Å²) in [5, 5.41) is 6.19. The van der Waals surface area contributed by atoms with Crippen molar-refractivity contribution in [3.05, 3.63) is 46.5 Å². The van der Waals surface area contributed by atoms with E-state index in [1.54, 1.807) is 36.0 Å². The van der Waals surface area contributed by atoms with E-state index in [2.05, 4.69) is 16.7 Å². The minimum absolute atomic E-state index is 0.129. The van der Waals surface area contributed by atoms with Crippen LogP contribution in [0, 0.1) is 0 Å². The standard InChI is InChI=1S/C20H27ClN2O2S/c1-26-14-12-18(23-19(24)16-9-5-6-10-17(16)21)20(25)22-13-11-15-7-3-2-4-8-15/h5-7,9-10,18H,2-4,8,11-14H2,1H3,(H,22,25)(H,23,24). The molecule has 0 saturated heterocycles. The van der Waals surface area contributed by atoms with Crippen LogP contribution in [-0.4, -0.2) is 36.4 Å². The van der Waals surface area contributed by atoms with Crippen LogP contribution >= 0.6 is 23.4 Å². The molecule has 1 aromatic rings. The van der Waals surface area contributed by atoms with Gasteiger partial charge in [-0.1, -0.05) is 35.4 Å². The van der Waals surface area contributed by atoms with Crippen molar-refractivity contribution < 1.29 is 9.59 Å². The molecule has 0 heterocycles. The Morgan fingerprint density at radius 2 is 2.08 bits per heavy atom. The van der Waals surface area contributed by atoms with Crippen molar-refractivity contribution in [1.29, 1.82) is 0 Å². The topological polar surface area (TPSA) is 58.2 Å². The number of carbonyl (C=O) groups is 2. The molecule has 2 N–H and O–H groups in total. The van der Waals surface area contributed by atoms with Crippen LogP contribution in [0.4, 0.5) is 0 Å². The van der Waals surface area contributed by atoms with Crippen LogP contribution in [0.2, 0.25) is 5.02 Å². The van der Waals surface area contributed by atoms with Crippen LogP contribution < -0.4 is 10.6 Å². The molecule has 0 aliphatic heterocycles. The van der Waals surface area contributed by atoms with E-state index in [-0.39, 0.29) is 11.8 Å². The monoisotopic (exact) mass is 394 g/mol. The molecule has 1 atom stereocenters. The zero-order valence-electron chi connectivity index (χ0n) is 15.2. The zero-order valence-corrected chi connectivity index (χ0v) is 16.8. The first-order valence-electron chi connectivity index (χ1n) is 9.11. The summed E-state index contributed by atoms with van der Waals surface area (Å²) in [5.74, 6) is 0.356. The van der Waals surface area contributed by atoms with Crippen LogP contribution in [0.1, 0.15) is 48.9 Å². The van der Waals surface area contributed by atoms with E-state index in [1.807, 2.05) is 6.26 Å². The van der Waals surface area contributed by atoms with Crippen molar-refractivity contribution in [1.82, 2.24) is 10.6 Å². The lowest BCUT2D eigenvalue weighted by Gasteiger charge is -2.19. The molecule has 2 amide bonds. The van der Waals surface area contributed by atoms with Gasteiger partial charge in [0, 0.05) is 6.54 Å². The molecule has 1 unspecified atom stereocenters. The predicted octanol–water partition coefficient (Wildman–Crippen LogP) is 4.20. The van der Waals surface area contributed by atoms with Crippen molar-refractivity contribution in [3.8, 4) is 0 Å². The minimum atomic E-state index is -0.549. The number of amides is 2. The van der Waals surface area contributed by atoms with Crippen LogP contribution in [0.3, 0.4) is 0 Å². The van der Waals surface area contributed by atoms with Crippen LogP contribution in [0.15, 0.2) is 35.9 Å². The molecule has 0 saturated carbocycles. The maximum absolute atomic E-state index is 12.6. The van der Waals surface area contributed by atoms with Crippen LogP contribution in [0.5, 0.6) is 0 Å². The number of thioether (sulfide) groups is 1. The molecule has 0 aromatic heterocycles. The Bertz CT molecular complexity index is 648. The molecule has 1 aliphatic carbocycles. The summed E-state index contributed by atoms with van der Waals surface area (Å²) in [6, 6.07) is 6.32. The van der Waals surface area contributed by atoms with Gasteiger partial charge in [-0.2, -0.15) is 11.8 Å². The molecule has 1 aromatic carbocycles. The van der Waals surface area contributed by atoms with Crippen LogP contribution in [0.25, 0.3) is 0 Å². The number of rotatable bonds is 9. The van der Waals surface area contributed by atoms with E-state index in [0.29, 0.717) is 23.6 Å². The largest absolute Gasteiger partial charge is 0.354 e. The SMILES string of the molecule is CSCCC(NC(=O)c1ccccc1Cl)C(=O)NCCC1=CCCCC1. The Morgan fingerprint density at radius 3 is 2.77 bits per heavy atom. The van der Waals surface area contributed by atoms with E-state index >= 15 is 0 Å². The summed E-state index contributed by atoms with van der Waals surface area (Å²) in [7, 11) is 0. The number of nitrogens with one attached hydrogen (secondary N) is 2. The lowest BCUT2D eigenvalue weighted by atomic mass is 9.97. The van der Waals surface area contributed by atoms with Gasteiger partial charge >= 0.3 is 0 Å². The van der Waals surface area contributed by atoms with Crippen LogP contribution in [-0.2, 0) is 4.79 Å². The fraction of sp³-hybridized carbons (Fsp3) is 0.500. The molecule has 4 nitrogen and oxygen atoms in total. The highest BCUT2D eigenvalue weighted by Crippen LogP contribution is 2.19. The fourth-order valence-corrected chi connectivity index (χ4v) is 3.68. The van der Waals surface area contributed by atoms with Gasteiger partial charge in [0.1, 0.15) is 6.04 Å². The second-order valence-corrected chi connectivity index (χ2v) is 7.83. The van der Waals surface area contributed by atoms with Gasteiger partial charge in [-0.3, -0.25) is 9.59 Å². The van der Waals surface area contributed by atoms with E-state index < -0.39 is 6.04 Å². The second-order valence-electron chi connectivity index (χ2n) is 6.44. The molecule has 0 fully saturated rings. The van der Waals surface area contributed by atoms with Crippen molar-refractivity contribution in [2.75, 3.05) is 18.6 Å². The first-order valence-corrected chi connectivity index (χ1v) is 10.9. The quantitative estimate of drug-likeness (QED) is 0.617. The number of allylic oxidation sites excluding steroid dienone is 1. The third-order valence-electron chi connectivity index (χ3n) is 4.48. The average Bonchev–Trinajstić information content (AvgIpc) is 2.66. The molecular weight excluding hydrogens is 368 g/mol. The van der Waals surface area contributed by atoms with Crippen molar-refractivity contribution in [3.63, 3.8) is 0 Å². The molecule has 0 radical (unpaired) electrons. The van der Waals surface area contributed by atoms with Gasteiger partial charge in [-0.15, -0.1) is 0 Å². The highest BCUT2D eigenvalue weighted by Gasteiger charge is 2.22. The summed E-state index contributed by atoms with van der Waals surface area (Å²) in [6.07, 6.45) is 10.5. The van der Waals surface area contributed by atoms with Gasteiger partial charge in [-0.25, -0.2) is 0 Å². The molecule has 26 heavy (non-hydrogen) atoms. The number of carbonyl (C=O) groups excluding carboxylic acids is 2. The Labute approximate surface area is 165 Å². The lowest BCUT2D eigenvalue weighted by molar-refractivity contribution is -0.122. The fourth-order valence-electron chi connectivity index (χ4n) is 2.99. The Balaban J connectivity index is 1.90. The van der Waals surface area contributed by atoms with E-state index in [4.69, 9.17) is 11.6 Å². The number of halogens is 1. The number of benzene rings is 1. The third-order valence-corrected chi connectivity index (χ3v) is 5.45. The first-order chi connectivity index (χ1) is 12.6. The highest BCUT2D eigenvalue weighted by molar-refractivity contribution is 7.98. The van der Waals surface area contributed by atoms with E-state index in [9.17, 15) is 9.59 Å². The summed E-state index contributed by atoms with van der Waals surface area (Å²) < 4.78 is 0. The number of hydrogen-bond acceptors (Lipinski definition) is 3. The Kier molecular flexibility index (Phi) is 9.06. The summed E-state index contributed by atoms with van der Waals surface area (Å²) in [6.45, 7) is 0.613. The maximum Gasteiger partial charge on any atom is 0.253 e. The van der Waals surface area contributed by atoms with Gasteiger partial charge < -0.3 is 10.6 Å². The Hall–Kier alpha value is -1.46. The Morgan fingerprint density at radius 1 is 1.27 bits per heavy atom. The molecule has 142 valence electrons. The van der Waals surface area contributed by atoms with Crippen molar-refractivity contribution in [2.45, 2.75) is 44.6 Å². The summed E-state index contributed by atoms with van der Waals surface area (Å²) >= 11 is 7.74. The molecule has 1 aliphatic rings.